The standard InChI is InChI=1S/C16H22FN3.HI/c17-14-6-4-5-13(11-14)16(7-8-16)12-19-15(18)20-9-2-1-3-10-20;/h4-6,11H,1-3,7-10,12H2,(H2,18,19);1H. The molecule has 116 valence electrons. The van der Waals surface area contributed by atoms with E-state index >= 15 is 0 Å². The van der Waals surface area contributed by atoms with Crippen molar-refractivity contribution in [1.82, 2.24) is 4.90 Å². The van der Waals surface area contributed by atoms with Gasteiger partial charge in [0.15, 0.2) is 5.96 Å². The molecule has 0 aromatic heterocycles. The lowest BCUT2D eigenvalue weighted by Gasteiger charge is -2.28. The Morgan fingerprint density at radius 1 is 1.24 bits per heavy atom. The minimum absolute atomic E-state index is 0. The number of nitrogens with zero attached hydrogens (tertiary/aromatic N) is 2. The van der Waals surface area contributed by atoms with Crippen LogP contribution in [0.4, 0.5) is 4.39 Å². The predicted octanol–water partition coefficient (Wildman–Crippen LogP) is 3.28. The highest BCUT2D eigenvalue weighted by molar-refractivity contribution is 14.0. The molecule has 2 aliphatic rings. The van der Waals surface area contributed by atoms with E-state index < -0.39 is 0 Å². The third-order valence-electron chi connectivity index (χ3n) is 4.51. The van der Waals surface area contributed by atoms with Gasteiger partial charge in [0.1, 0.15) is 5.82 Å². The molecule has 0 atom stereocenters. The molecule has 1 aliphatic carbocycles. The lowest BCUT2D eigenvalue weighted by molar-refractivity contribution is 0.337. The van der Waals surface area contributed by atoms with Crippen molar-refractivity contribution in [2.75, 3.05) is 19.6 Å². The van der Waals surface area contributed by atoms with Crippen LogP contribution in [0.3, 0.4) is 0 Å². The molecule has 21 heavy (non-hydrogen) atoms. The Balaban J connectivity index is 0.00000161. The Kier molecular flexibility index (Phi) is 5.46. The molecule has 2 fully saturated rings. The highest BCUT2D eigenvalue weighted by Crippen LogP contribution is 2.48. The van der Waals surface area contributed by atoms with Crippen LogP contribution in [0.5, 0.6) is 0 Å². The van der Waals surface area contributed by atoms with E-state index in [2.05, 4.69) is 9.89 Å². The van der Waals surface area contributed by atoms with Crippen LogP contribution >= 0.6 is 24.0 Å². The van der Waals surface area contributed by atoms with Crippen LogP contribution in [-0.2, 0) is 5.41 Å². The van der Waals surface area contributed by atoms with Crippen LogP contribution < -0.4 is 5.73 Å². The number of nitrogens with two attached hydrogens (primary N) is 1. The van der Waals surface area contributed by atoms with E-state index in [-0.39, 0.29) is 35.2 Å². The lowest BCUT2D eigenvalue weighted by Crippen LogP contribution is -2.41. The van der Waals surface area contributed by atoms with Crippen molar-refractivity contribution in [2.45, 2.75) is 37.5 Å². The zero-order valence-electron chi connectivity index (χ0n) is 12.2. The summed E-state index contributed by atoms with van der Waals surface area (Å²) in [5, 5.41) is 0. The minimum atomic E-state index is -0.165. The molecule has 1 saturated heterocycles. The molecule has 5 heteroatoms. The summed E-state index contributed by atoms with van der Waals surface area (Å²) in [6, 6.07) is 6.91. The molecule has 0 bridgehead atoms. The largest absolute Gasteiger partial charge is 0.370 e. The Bertz CT molecular complexity index is 508. The van der Waals surface area contributed by atoms with E-state index in [0.29, 0.717) is 12.5 Å². The second-order valence-electron chi connectivity index (χ2n) is 6.01. The van der Waals surface area contributed by atoms with Gasteiger partial charge in [-0.15, -0.1) is 24.0 Å². The molecule has 1 aromatic carbocycles. The number of piperidine rings is 1. The molecule has 1 aromatic rings. The normalized spacial score (nSPS) is 20.8. The first kappa shape index (κ1) is 16.5. The van der Waals surface area contributed by atoms with Crippen molar-refractivity contribution in [1.29, 1.82) is 0 Å². The zero-order valence-corrected chi connectivity index (χ0v) is 14.6. The molecule has 1 aliphatic heterocycles. The second-order valence-corrected chi connectivity index (χ2v) is 6.01. The third kappa shape index (κ3) is 3.87. The molecule has 1 saturated carbocycles. The van der Waals surface area contributed by atoms with Crippen LogP contribution in [0.1, 0.15) is 37.7 Å². The van der Waals surface area contributed by atoms with Gasteiger partial charge >= 0.3 is 0 Å². The Labute approximate surface area is 142 Å². The molecule has 0 spiro atoms. The maximum absolute atomic E-state index is 13.3. The maximum atomic E-state index is 13.3. The van der Waals surface area contributed by atoms with Gasteiger partial charge in [0.05, 0.1) is 6.54 Å². The molecule has 0 unspecified atom stereocenters. The first-order chi connectivity index (χ1) is 9.70. The molecule has 2 N–H and O–H groups in total. The van der Waals surface area contributed by atoms with E-state index in [9.17, 15) is 4.39 Å². The summed E-state index contributed by atoms with van der Waals surface area (Å²) >= 11 is 0. The van der Waals surface area contributed by atoms with Gasteiger partial charge in [-0.3, -0.25) is 4.99 Å². The van der Waals surface area contributed by atoms with E-state index in [1.54, 1.807) is 12.1 Å². The van der Waals surface area contributed by atoms with E-state index in [4.69, 9.17) is 5.73 Å². The lowest BCUT2D eigenvalue weighted by atomic mass is 9.96. The highest BCUT2D eigenvalue weighted by atomic mass is 127. The number of guanidine groups is 1. The van der Waals surface area contributed by atoms with Gasteiger partial charge in [-0.2, -0.15) is 0 Å². The molecule has 1 heterocycles. The fourth-order valence-corrected chi connectivity index (χ4v) is 2.96. The summed E-state index contributed by atoms with van der Waals surface area (Å²) in [5.74, 6) is 0.495. The summed E-state index contributed by atoms with van der Waals surface area (Å²) in [4.78, 5) is 6.76. The van der Waals surface area contributed by atoms with Crippen molar-refractivity contribution in [2.24, 2.45) is 10.7 Å². The first-order valence-electron chi connectivity index (χ1n) is 7.51. The molecular formula is C16H23FIN3. The van der Waals surface area contributed by atoms with Crippen molar-refractivity contribution in [3.05, 3.63) is 35.6 Å². The van der Waals surface area contributed by atoms with Gasteiger partial charge in [-0.1, -0.05) is 12.1 Å². The zero-order chi connectivity index (χ0) is 14.0. The first-order valence-corrected chi connectivity index (χ1v) is 7.51. The summed E-state index contributed by atoms with van der Waals surface area (Å²) in [7, 11) is 0. The number of halogens is 2. The quantitative estimate of drug-likeness (QED) is 0.478. The maximum Gasteiger partial charge on any atom is 0.191 e. The van der Waals surface area contributed by atoms with Gasteiger partial charge in [0.2, 0.25) is 0 Å². The predicted molar refractivity (Wildman–Crippen MR) is 94.6 cm³/mol. The smallest absolute Gasteiger partial charge is 0.191 e. The van der Waals surface area contributed by atoms with Crippen LogP contribution in [0.15, 0.2) is 29.3 Å². The summed E-state index contributed by atoms with van der Waals surface area (Å²) in [6.07, 6.45) is 5.84. The molecule has 0 radical (unpaired) electrons. The summed E-state index contributed by atoms with van der Waals surface area (Å²) in [6.45, 7) is 2.71. The highest BCUT2D eigenvalue weighted by Gasteiger charge is 2.44. The SMILES string of the molecule is I.NC(=NCC1(c2cccc(F)c2)CC1)N1CCCCC1. The number of hydrogen-bond donors (Lipinski definition) is 1. The van der Waals surface area contributed by atoms with Crippen molar-refractivity contribution in [3.63, 3.8) is 0 Å². The van der Waals surface area contributed by atoms with Crippen LogP contribution in [0.2, 0.25) is 0 Å². The van der Waals surface area contributed by atoms with Gasteiger partial charge in [0.25, 0.3) is 0 Å². The van der Waals surface area contributed by atoms with Crippen LogP contribution in [0, 0.1) is 5.82 Å². The summed E-state index contributed by atoms with van der Waals surface area (Å²) in [5.41, 5.74) is 7.19. The Morgan fingerprint density at radius 3 is 2.57 bits per heavy atom. The van der Waals surface area contributed by atoms with Crippen LogP contribution in [-0.4, -0.2) is 30.5 Å². The van der Waals surface area contributed by atoms with Gasteiger partial charge < -0.3 is 10.6 Å². The fourth-order valence-electron chi connectivity index (χ4n) is 2.96. The van der Waals surface area contributed by atoms with Crippen LogP contribution in [0.25, 0.3) is 0 Å². The van der Waals surface area contributed by atoms with Crippen molar-refractivity contribution >= 4 is 29.9 Å². The topological polar surface area (TPSA) is 41.6 Å². The van der Waals surface area contributed by atoms with Gasteiger partial charge in [-0.05, 0) is 49.8 Å². The average Bonchev–Trinajstić information content (AvgIpc) is 3.27. The molecule has 3 rings (SSSR count). The van der Waals surface area contributed by atoms with E-state index in [1.165, 1.54) is 25.3 Å². The van der Waals surface area contributed by atoms with Crippen molar-refractivity contribution in [3.8, 4) is 0 Å². The number of hydrogen-bond acceptors (Lipinski definition) is 1. The van der Waals surface area contributed by atoms with E-state index in [0.717, 1.165) is 31.5 Å². The minimum Gasteiger partial charge on any atom is -0.370 e. The number of aliphatic imine (C=N–C) groups is 1. The molecular weight excluding hydrogens is 380 g/mol. The number of rotatable bonds is 3. The summed E-state index contributed by atoms with van der Waals surface area (Å²) < 4.78 is 13.3. The number of likely N-dealkylation sites (tertiary alicyclic amines) is 1. The second kappa shape index (κ2) is 6.94. The third-order valence-corrected chi connectivity index (χ3v) is 4.51. The Morgan fingerprint density at radius 2 is 1.95 bits per heavy atom. The fraction of sp³-hybridized carbons (Fsp3) is 0.562. The monoisotopic (exact) mass is 403 g/mol. The molecule has 3 nitrogen and oxygen atoms in total. The molecule has 0 amide bonds. The van der Waals surface area contributed by atoms with Gasteiger partial charge in [0, 0.05) is 18.5 Å². The number of benzene rings is 1. The van der Waals surface area contributed by atoms with Gasteiger partial charge in [-0.25, -0.2) is 4.39 Å². The van der Waals surface area contributed by atoms with E-state index in [1.807, 2.05) is 6.07 Å². The average molecular weight is 403 g/mol. The Hall–Kier alpha value is -0.850. The van der Waals surface area contributed by atoms with Crippen molar-refractivity contribution < 1.29 is 4.39 Å².